The Morgan fingerprint density at radius 1 is 0.852 bits per heavy atom. The highest BCUT2D eigenvalue weighted by molar-refractivity contribution is 5.98. The van der Waals surface area contributed by atoms with Crippen LogP contribution in [0.2, 0.25) is 0 Å². The van der Waals surface area contributed by atoms with Gasteiger partial charge in [-0.05, 0) is 30.3 Å². The summed E-state index contributed by atoms with van der Waals surface area (Å²) in [5.41, 5.74) is 1.31. The first-order valence-corrected chi connectivity index (χ1v) is 7.96. The van der Waals surface area contributed by atoms with E-state index in [-0.39, 0.29) is 23.6 Å². The van der Waals surface area contributed by atoms with Crippen molar-refractivity contribution >= 4 is 29.2 Å². The van der Waals surface area contributed by atoms with E-state index in [1.807, 2.05) is 0 Å². The highest BCUT2D eigenvalue weighted by Crippen LogP contribution is 2.18. The molecule has 0 aliphatic heterocycles. The largest absolute Gasteiger partial charge is 0.497 e. The number of benzene rings is 2. The quantitative estimate of drug-likeness (QED) is 0.719. The molecule has 0 aromatic heterocycles. The minimum Gasteiger partial charge on any atom is -0.497 e. The maximum absolute atomic E-state index is 12.1. The molecule has 2 N–H and O–H groups in total. The topological polar surface area (TPSA) is 103 Å². The van der Waals surface area contributed by atoms with Gasteiger partial charge in [0, 0.05) is 17.4 Å². The van der Waals surface area contributed by atoms with Crippen molar-refractivity contribution in [2.24, 2.45) is 0 Å². The molecule has 0 saturated carbocycles. The number of carbonyl (C=O) groups excluding carboxylic acids is 3. The van der Waals surface area contributed by atoms with E-state index < -0.39 is 11.9 Å². The molecule has 0 bridgehead atoms. The van der Waals surface area contributed by atoms with Gasteiger partial charge < -0.3 is 24.8 Å². The van der Waals surface area contributed by atoms with Gasteiger partial charge in [-0.1, -0.05) is 6.07 Å². The first kappa shape index (κ1) is 19.8. The lowest BCUT2D eigenvalue weighted by molar-refractivity contribution is -0.114. The van der Waals surface area contributed by atoms with E-state index in [0.29, 0.717) is 17.1 Å². The summed E-state index contributed by atoms with van der Waals surface area (Å²) in [5.74, 6) is -0.908. The van der Waals surface area contributed by atoms with Gasteiger partial charge in [-0.3, -0.25) is 4.79 Å². The summed E-state index contributed by atoms with van der Waals surface area (Å²) in [6, 6.07) is 11.3. The molecule has 0 radical (unpaired) electrons. The van der Waals surface area contributed by atoms with Crippen molar-refractivity contribution in [3.05, 3.63) is 53.6 Å². The Bertz CT molecular complexity index is 816. The molecule has 0 unspecified atom stereocenters. The van der Waals surface area contributed by atoms with E-state index in [1.165, 1.54) is 39.5 Å². The van der Waals surface area contributed by atoms with Crippen molar-refractivity contribution < 1.29 is 28.6 Å². The standard InChI is InChI=1S/C19H20N2O6/c1-25-16-6-4-5-14(10-16)21-17(22)11-20-15-8-12(18(23)26-2)7-13(9-15)19(24)27-3/h4-10,20H,11H2,1-3H3,(H,21,22). The van der Waals surface area contributed by atoms with Gasteiger partial charge in [0.1, 0.15) is 5.75 Å². The smallest absolute Gasteiger partial charge is 0.337 e. The van der Waals surface area contributed by atoms with Gasteiger partial charge in [-0.2, -0.15) is 0 Å². The van der Waals surface area contributed by atoms with Gasteiger partial charge in [-0.15, -0.1) is 0 Å². The van der Waals surface area contributed by atoms with Crippen LogP contribution in [0.3, 0.4) is 0 Å². The Balaban J connectivity index is 2.10. The number of methoxy groups -OCH3 is 3. The molecule has 0 heterocycles. The predicted octanol–water partition coefficient (Wildman–Crippen LogP) is 2.32. The van der Waals surface area contributed by atoms with Crippen LogP contribution in [-0.4, -0.2) is 45.7 Å². The highest BCUT2D eigenvalue weighted by Gasteiger charge is 2.14. The van der Waals surface area contributed by atoms with E-state index >= 15 is 0 Å². The van der Waals surface area contributed by atoms with Crippen LogP contribution in [0.25, 0.3) is 0 Å². The predicted molar refractivity (Wildman–Crippen MR) is 99.2 cm³/mol. The van der Waals surface area contributed by atoms with Crippen molar-refractivity contribution in [1.82, 2.24) is 0 Å². The van der Waals surface area contributed by atoms with Crippen LogP contribution in [0, 0.1) is 0 Å². The fourth-order valence-electron chi connectivity index (χ4n) is 2.29. The van der Waals surface area contributed by atoms with E-state index in [9.17, 15) is 14.4 Å². The lowest BCUT2D eigenvalue weighted by atomic mass is 10.1. The second kappa shape index (κ2) is 9.23. The van der Waals surface area contributed by atoms with Crippen LogP contribution in [0.15, 0.2) is 42.5 Å². The minimum atomic E-state index is -0.607. The van der Waals surface area contributed by atoms with Gasteiger partial charge in [0.25, 0.3) is 0 Å². The Morgan fingerprint density at radius 3 is 2.04 bits per heavy atom. The summed E-state index contributed by atoms with van der Waals surface area (Å²) in [4.78, 5) is 35.7. The summed E-state index contributed by atoms with van der Waals surface area (Å²) >= 11 is 0. The molecule has 2 aromatic rings. The molecule has 27 heavy (non-hydrogen) atoms. The fourth-order valence-corrected chi connectivity index (χ4v) is 2.29. The highest BCUT2D eigenvalue weighted by atomic mass is 16.5. The molecule has 8 heteroatoms. The van der Waals surface area contributed by atoms with E-state index in [2.05, 4.69) is 20.1 Å². The van der Waals surface area contributed by atoms with Crippen molar-refractivity contribution in [2.75, 3.05) is 38.5 Å². The third-order valence-corrected chi connectivity index (χ3v) is 3.58. The molecule has 0 spiro atoms. The minimum absolute atomic E-state index is 0.0809. The Kier molecular flexibility index (Phi) is 6.76. The lowest BCUT2D eigenvalue weighted by Gasteiger charge is -2.11. The van der Waals surface area contributed by atoms with Crippen LogP contribution in [0.5, 0.6) is 5.75 Å². The third kappa shape index (κ3) is 5.46. The monoisotopic (exact) mass is 372 g/mol. The van der Waals surface area contributed by atoms with E-state index in [1.54, 1.807) is 24.3 Å². The second-order valence-electron chi connectivity index (χ2n) is 5.42. The summed E-state index contributed by atoms with van der Waals surface area (Å²) in [6.07, 6.45) is 0. The van der Waals surface area contributed by atoms with E-state index in [0.717, 1.165) is 0 Å². The van der Waals surface area contributed by atoms with Gasteiger partial charge in [0.05, 0.1) is 39.0 Å². The number of hydrogen-bond donors (Lipinski definition) is 2. The number of carbonyl (C=O) groups is 3. The van der Waals surface area contributed by atoms with Gasteiger partial charge in [0.15, 0.2) is 0 Å². The molecule has 0 saturated heterocycles. The number of esters is 2. The fraction of sp³-hybridized carbons (Fsp3) is 0.211. The normalized spacial score (nSPS) is 9.89. The van der Waals surface area contributed by atoms with Crippen LogP contribution < -0.4 is 15.4 Å². The van der Waals surface area contributed by atoms with Gasteiger partial charge in [0.2, 0.25) is 5.91 Å². The summed E-state index contributed by atoms with van der Waals surface area (Å²) < 4.78 is 14.5. The third-order valence-electron chi connectivity index (χ3n) is 3.58. The molecule has 0 fully saturated rings. The molecule has 8 nitrogen and oxygen atoms in total. The van der Waals surface area contributed by atoms with Crippen LogP contribution in [0.1, 0.15) is 20.7 Å². The van der Waals surface area contributed by atoms with Crippen molar-refractivity contribution in [3.8, 4) is 5.75 Å². The molecule has 2 aromatic carbocycles. The van der Waals surface area contributed by atoms with Gasteiger partial charge >= 0.3 is 11.9 Å². The maximum atomic E-state index is 12.1. The molecule has 1 amide bonds. The van der Waals surface area contributed by atoms with Crippen LogP contribution in [-0.2, 0) is 14.3 Å². The zero-order chi connectivity index (χ0) is 19.8. The molecule has 0 atom stereocenters. The first-order chi connectivity index (χ1) is 13.0. The zero-order valence-corrected chi connectivity index (χ0v) is 15.2. The summed E-state index contributed by atoms with van der Waals surface area (Å²) in [7, 11) is 4.01. The Hall–Kier alpha value is -3.55. The zero-order valence-electron chi connectivity index (χ0n) is 15.2. The molecular formula is C19H20N2O6. The van der Waals surface area contributed by atoms with Crippen LogP contribution >= 0.6 is 0 Å². The van der Waals surface area contributed by atoms with E-state index in [4.69, 9.17) is 4.74 Å². The second-order valence-corrected chi connectivity index (χ2v) is 5.42. The van der Waals surface area contributed by atoms with Crippen molar-refractivity contribution in [1.29, 1.82) is 0 Å². The number of nitrogens with one attached hydrogen (secondary N) is 2. The number of ether oxygens (including phenoxy) is 3. The molecule has 0 aliphatic carbocycles. The van der Waals surface area contributed by atoms with Crippen LogP contribution in [0.4, 0.5) is 11.4 Å². The molecule has 142 valence electrons. The summed E-state index contributed by atoms with van der Waals surface area (Å²) in [5, 5.41) is 5.59. The van der Waals surface area contributed by atoms with Crippen molar-refractivity contribution in [3.63, 3.8) is 0 Å². The first-order valence-electron chi connectivity index (χ1n) is 7.96. The number of anilines is 2. The Morgan fingerprint density at radius 2 is 1.48 bits per heavy atom. The average molecular weight is 372 g/mol. The maximum Gasteiger partial charge on any atom is 0.337 e. The lowest BCUT2D eigenvalue weighted by Crippen LogP contribution is -2.22. The summed E-state index contributed by atoms with van der Waals surface area (Å²) in [6.45, 7) is -0.0809. The number of rotatable bonds is 7. The average Bonchev–Trinajstić information content (AvgIpc) is 2.70. The molecule has 0 aliphatic rings. The SMILES string of the molecule is COC(=O)c1cc(NCC(=O)Nc2cccc(OC)c2)cc(C(=O)OC)c1. The van der Waals surface area contributed by atoms with Crippen molar-refractivity contribution in [2.45, 2.75) is 0 Å². The molecular weight excluding hydrogens is 352 g/mol. The Labute approximate surface area is 156 Å². The number of hydrogen-bond acceptors (Lipinski definition) is 7. The molecule has 2 rings (SSSR count). The number of amides is 1. The van der Waals surface area contributed by atoms with Gasteiger partial charge in [-0.25, -0.2) is 9.59 Å².